The molecular weight excluding hydrogens is 371 g/mol. The molecular formula is C7H2F6INS. The van der Waals surface area contributed by atoms with Crippen LogP contribution in [0, 0.1) is 3.70 Å². The lowest BCUT2D eigenvalue weighted by molar-refractivity contribution is -0.140. The Balaban J connectivity index is 3.19. The SMILES string of the molecule is FC(F)(F)Sc1cc(I)ncc1C(F)(F)F. The minimum atomic E-state index is -4.84. The van der Waals surface area contributed by atoms with Crippen LogP contribution in [0.4, 0.5) is 26.3 Å². The van der Waals surface area contributed by atoms with Crippen molar-refractivity contribution in [3.8, 4) is 0 Å². The predicted octanol–water partition coefficient (Wildman–Crippen LogP) is 4.32. The zero-order valence-corrected chi connectivity index (χ0v) is 10.1. The van der Waals surface area contributed by atoms with Crippen molar-refractivity contribution in [3.63, 3.8) is 0 Å². The van der Waals surface area contributed by atoms with Crippen LogP contribution in [-0.4, -0.2) is 10.5 Å². The van der Waals surface area contributed by atoms with Gasteiger partial charge < -0.3 is 0 Å². The van der Waals surface area contributed by atoms with Crippen molar-refractivity contribution in [1.82, 2.24) is 4.98 Å². The molecule has 1 aromatic heterocycles. The first-order valence-corrected chi connectivity index (χ1v) is 5.47. The molecule has 0 aliphatic rings. The number of halogens is 7. The van der Waals surface area contributed by atoms with E-state index in [0.29, 0.717) is 6.20 Å². The molecule has 1 heterocycles. The van der Waals surface area contributed by atoms with Gasteiger partial charge in [0.1, 0.15) is 3.70 Å². The van der Waals surface area contributed by atoms with Gasteiger partial charge in [-0.15, -0.1) is 0 Å². The molecule has 90 valence electrons. The maximum absolute atomic E-state index is 12.3. The molecule has 0 aliphatic carbocycles. The lowest BCUT2D eigenvalue weighted by Gasteiger charge is -2.13. The average Bonchev–Trinajstić information content (AvgIpc) is 1.97. The third-order valence-electron chi connectivity index (χ3n) is 1.36. The molecule has 0 fully saturated rings. The van der Waals surface area contributed by atoms with Crippen LogP contribution in [0.3, 0.4) is 0 Å². The average molecular weight is 373 g/mol. The van der Waals surface area contributed by atoms with Gasteiger partial charge in [-0.05, 0) is 40.4 Å². The Morgan fingerprint density at radius 1 is 1.12 bits per heavy atom. The Morgan fingerprint density at radius 2 is 1.69 bits per heavy atom. The summed E-state index contributed by atoms with van der Waals surface area (Å²) in [6.07, 6.45) is -4.44. The van der Waals surface area contributed by atoms with Gasteiger partial charge >= 0.3 is 11.7 Å². The predicted molar refractivity (Wildman–Crippen MR) is 53.9 cm³/mol. The van der Waals surface area contributed by atoms with E-state index in [1.165, 1.54) is 0 Å². The third-order valence-corrected chi connectivity index (χ3v) is 2.74. The Morgan fingerprint density at radius 3 is 2.12 bits per heavy atom. The lowest BCUT2D eigenvalue weighted by atomic mass is 10.3. The molecule has 1 aromatic rings. The summed E-state index contributed by atoms with van der Waals surface area (Å²) in [5, 5.41) is 0. The van der Waals surface area contributed by atoms with E-state index in [2.05, 4.69) is 4.98 Å². The highest BCUT2D eigenvalue weighted by Crippen LogP contribution is 2.43. The van der Waals surface area contributed by atoms with Gasteiger partial charge in [0, 0.05) is 11.1 Å². The smallest absolute Gasteiger partial charge is 0.250 e. The van der Waals surface area contributed by atoms with Gasteiger partial charge in [0.2, 0.25) is 0 Å². The van der Waals surface area contributed by atoms with E-state index in [4.69, 9.17) is 0 Å². The first kappa shape index (κ1) is 13.9. The molecule has 0 unspecified atom stereocenters. The summed E-state index contributed by atoms with van der Waals surface area (Å²) < 4.78 is 73.1. The van der Waals surface area contributed by atoms with Gasteiger partial charge in [0.15, 0.2) is 0 Å². The molecule has 9 heteroatoms. The minimum Gasteiger partial charge on any atom is -0.250 e. The van der Waals surface area contributed by atoms with Gasteiger partial charge in [-0.1, -0.05) is 0 Å². The summed E-state index contributed by atoms with van der Waals surface area (Å²) in [4.78, 5) is 2.43. The Labute approximate surface area is 104 Å². The number of pyridine rings is 1. The first-order chi connectivity index (χ1) is 7.09. The highest BCUT2D eigenvalue weighted by molar-refractivity contribution is 14.1. The van der Waals surface area contributed by atoms with Crippen molar-refractivity contribution < 1.29 is 26.3 Å². The van der Waals surface area contributed by atoms with Crippen molar-refractivity contribution in [2.45, 2.75) is 16.6 Å². The molecule has 0 N–H and O–H groups in total. The fourth-order valence-electron chi connectivity index (χ4n) is 0.835. The number of thioether (sulfide) groups is 1. The summed E-state index contributed by atoms with van der Waals surface area (Å²) in [6.45, 7) is 0. The molecule has 1 nitrogen and oxygen atoms in total. The zero-order chi connectivity index (χ0) is 12.6. The largest absolute Gasteiger partial charge is 0.446 e. The molecule has 0 aromatic carbocycles. The maximum Gasteiger partial charge on any atom is 0.446 e. The lowest BCUT2D eigenvalue weighted by Crippen LogP contribution is -2.10. The van der Waals surface area contributed by atoms with E-state index < -0.39 is 33.9 Å². The van der Waals surface area contributed by atoms with E-state index in [9.17, 15) is 26.3 Å². The standard InChI is InChI=1S/C7H2F6INS/c8-6(9,10)3-2-15-5(14)1-4(3)16-7(11,12)13/h1-2H. The van der Waals surface area contributed by atoms with Crippen LogP contribution in [0.1, 0.15) is 5.56 Å². The number of rotatable bonds is 1. The number of hydrogen-bond acceptors (Lipinski definition) is 2. The molecule has 0 atom stereocenters. The van der Waals surface area contributed by atoms with Crippen LogP contribution in [-0.2, 0) is 6.18 Å². The van der Waals surface area contributed by atoms with E-state index in [0.717, 1.165) is 6.07 Å². The van der Waals surface area contributed by atoms with E-state index >= 15 is 0 Å². The molecule has 16 heavy (non-hydrogen) atoms. The second kappa shape index (κ2) is 4.59. The number of aromatic nitrogens is 1. The summed E-state index contributed by atoms with van der Waals surface area (Å²) >= 11 is 0.746. The van der Waals surface area contributed by atoms with Crippen LogP contribution >= 0.6 is 34.4 Å². The third kappa shape index (κ3) is 4.00. The minimum absolute atomic E-state index is 0.0670. The Bertz CT molecular complexity index is 387. The number of hydrogen-bond donors (Lipinski definition) is 0. The van der Waals surface area contributed by atoms with E-state index in [-0.39, 0.29) is 3.70 Å². The molecule has 0 aliphatic heterocycles. The van der Waals surface area contributed by atoms with E-state index in [1.54, 1.807) is 22.6 Å². The van der Waals surface area contributed by atoms with Crippen molar-refractivity contribution >= 4 is 34.4 Å². The van der Waals surface area contributed by atoms with Gasteiger partial charge in [-0.25, -0.2) is 4.98 Å². The summed E-state index contributed by atoms with van der Waals surface area (Å²) in [5.74, 6) is 0. The summed E-state index contributed by atoms with van der Waals surface area (Å²) in [5.41, 5.74) is -6.14. The van der Waals surface area contributed by atoms with E-state index in [1.807, 2.05) is 0 Å². The molecule has 1 rings (SSSR count). The molecule has 0 saturated carbocycles. The zero-order valence-electron chi connectivity index (χ0n) is 7.16. The maximum atomic E-state index is 12.3. The highest BCUT2D eigenvalue weighted by Gasteiger charge is 2.38. The summed E-state index contributed by atoms with van der Waals surface area (Å²) in [6, 6.07) is 0.752. The van der Waals surface area contributed by atoms with Gasteiger partial charge in [-0.3, -0.25) is 0 Å². The molecule has 0 saturated heterocycles. The van der Waals surface area contributed by atoms with Crippen molar-refractivity contribution in [3.05, 3.63) is 21.5 Å². The molecule has 0 radical (unpaired) electrons. The van der Waals surface area contributed by atoms with Crippen LogP contribution in [0.15, 0.2) is 17.2 Å². The fourth-order valence-corrected chi connectivity index (χ4v) is 2.20. The first-order valence-electron chi connectivity index (χ1n) is 3.58. The second-order valence-corrected chi connectivity index (χ2v) is 4.76. The van der Waals surface area contributed by atoms with Crippen LogP contribution in [0.2, 0.25) is 0 Å². The Hall–Kier alpha value is -0.190. The number of alkyl halides is 6. The van der Waals surface area contributed by atoms with Crippen molar-refractivity contribution in [2.75, 3.05) is 0 Å². The second-order valence-electron chi connectivity index (χ2n) is 2.55. The van der Waals surface area contributed by atoms with Gasteiger partial charge in [0.25, 0.3) is 0 Å². The highest BCUT2D eigenvalue weighted by atomic mass is 127. The van der Waals surface area contributed by atoms with Gasteiger partial charge in [0.05, 0.1) is 5.56 Å². The van der Waals surface area contributed by atoms with Crippen molar-refractivity contribution in [1.29, 1.82) is 0 Å². The topological polar surface area (TPSA) is 12.9 Å². The van der Waals surface area contributed by atoms with Crippen LogP contribution in [0.5, 0.6) is 0 Å². The monoisotopic (exact) mass is 373 g/mol. The Kier molecular flexibility index (Phi) is 3.98. The molecule has 0 spiro atoms. The van der Waals surface area contributed by atoms with Gasteiger partial charge in [-0.2, -0.15) is 26.3 Å². The summed E-state index contributed by atoms with van der Waals surface area (Å²) in [7, 11) is 0. The normalized spacial score (nSPS) is 12.9. The quantitative estimate of drug-likeness (QED) is 0.315. The molecule has 0 amide bonds. The van der Waals surface area contributed by atoms with Crippen molar-refractivity contribution in [2.24, 2.45) is 0 Å². The fraction of sp³-hybridized carbons (Fsp3) is 0.286. The van der Waals surface area contributed by atoms with Crippen LogP contribution in [0.25, 0.3) is 0 Å². The van der Waals surface area contributed by atoms with Crippen LogP contribution < -0.4 is 0 Å². The molecule has 0 bridgehead atoms. The number of nitrogens with zero attached hydrogens (tertiary/aromatic N) is 1.